The molecule has 0 bridgehead atoms. The number of benzene rings is 1. The van der Waals surface area contributed by atoms with E-state index in [1.807, 2.05) is 0 Å². The number of aromatic nitrogens is 2. The fourth-order valence-electron chi connectivity index (χ4n) is 3.04. The Morgan fingerprint density at radius 3 is 2.86 bits per heavy atom. The number of aryl methyl sites for hydroxylation is 1. The zero-order chi connectivity index (χ0) is 14.5. The molecule has 0 amide bonds. The van der Waals surface area contributed by atoms with Crippen LogP contribution in [0.4, 0.5) is 5.13 Å². The van der Waals surface area contributed by atoms with Crippen molar-refractivity contribution in [2.75, 3.05) is 18.0 Å². The molecule has 21 heavy (non-hydrogen) atoms. The van der Waals surface area contributed by atoms with Gasteiger partial charge in [0.15, 0.2) is 0 Å². The smallest absolute Gasteiger partial charge is 0.209 e. The Hall–Kier alpha value is -1.13. The number of hydrogen-bond donors (Lipinski definition) is 0. The summed E-state index contributed by atoms with van der Waals surface area (Å²) in [5.41, 5.74) is 1.45. The molecule has 2 heterocycles. The van der Waals surface area contributed by atoms with Gasteiger partial charge in [-0.3, -0.25) is 0 Å². The molecule has 1 fully saturated rings. The molecule has 0 spiro atoms. The van der Waals surface area contributed by atoms with Crippen molar-refractivity contribution in [3.05, 3.63) is 40.4 Å². The number of halogens is 1. The second kappa shape index (κ2) is 7.23. The monoisotopic (exact) mass is 321 g/mol. The maximum Gasteiger partial charge on any atom is 0.209 e. The summed E-state index contributed by atoms with van der Waals surface area (Å²) in [5.74, 6) is 0.769. The van der Waals surface area contributed by atoms with E-state index < -0.39 is 0 Å². The average Bonchev–Trinajstić information content (AvgIpc) is 2.95. The predicted octanol–water partition coefficient (Wildman–Crippen LogP) is 4.43. The number of rotatable bonds is 5. The van der Waals surface area contributed by atoms with Crippen molar-refractivity contribution < 1.29 is 0 Å². The third-order valence-corrected chi connectivity index (χ3v) is 5.18. The second-order valence-corrected chi connectivity index (χ2v) is 7.21. The average molecular weight is 322 g/mol. The molecule has 0 N–H and O–H groups in total. The van der Waals surface area contributed by atoms with Crippen LogP contribution in [-0.2, 0) is 6.42 Å². The zero-order valence-corrected chi connectivity index (χ0v) is 13.6. The first-order chi connectivity index (χ1) is 10.3. The van der Waals surface area contributed by atoms with Crippen molar-refractivity contribution in [1.29, 1.82) is 0 Å². The van der Waals surface area contributed by atoms with Crippen LogP contribution in [0.15, 0.2) is 30.3 Å². The van der Waals surface area contributed by atoms with Crippen molar-refractivity contribution in [3.63, 3.8) is 0 Å². The minimum atomic E-state index is 0.538. The first kappa shape index (κ1) is 14.8. The lowest BCUT2D eigenvalue weighted by Crippen LogP contribution is -2.35. The molecular weight excluding hydrogens is 302 g/mol. The highest BCUT2D eigenvalue weighted by molar-refractivity contribution is 7.19. The van der Waals surface area contributed by atoms with Gasteiger partial charge in [-0.2, -0.15) is 0 Å². The maximum absolute atomic E-state index is 5.89. The van der Waals surface area contributed by atoms with Gasteiger partial charge in [0.05, 0.1) is 0 Å². The van der Waals surface area contributed by atoms with E-state index in [0.717, 1.165) is 24.1 Å². The van der Waals surface area contributed by atoms with E-state index in [1.54, 1.807) is 0 Å². The van der Waals surface area contributed by atoms with Crippen molar-refractivity contribution in [1.82, 2.24) is 10.2 Å². The quantitative estimate of drug-likeness (QED) is 0.815. The van der Waals surface area contributed by atoms with E-state index in [1.165, 1.54) is 49.0 Å². The number of anilines is 1. The third kappa shape index (κ3) is 4.17. The standard InChI is InChI=1S/C16H20ClN3S/c17-15-18-19-16(21-15)20-11-5-10-14(12-20)9-4-8-13-6-2-1-3-7-13/h1-3,6-7,14H,4-5,8-12H2. The number of nitrogens with zero attached hydrogens (tertiary/aromatic N) is 3. The lowest BCUT2D eigenvalue weighted by Gasteiger charge is -2.32. The SMILES string of the molecule is Clc1nnc(N2CCCC(CCCc3ccccc3)C2)s1. The molecule has 0 radical (unpaired) electrons. The first-order valence-electron chi connectivity index (χ1n) is 7.59. The van der Waals surface area contributed by atoms with Crippen LogP contribution in [0.25, 0.3) is 0 Å². The van der Waals surface area contributed by atoms with Gasteiger partial charge in [0.25, 0.3) is 0 Å². The van der Waals surface area contributed by atoms with Crippen LogP contribution in [0.3, 0.4) is 0 Å². The first-order valence-corrected chi connectivity index (χ1v) is 8.78. The Morgan fingerprint density at radius 1 is 1.24 bits per heavy atom. The Labute approximate surface area is 135 Å². The fraction of sp³-hybridized carbons (Fsp3) is 0.500. The van der Waals surface area contributed by atoms with E-state index >= 15 is 0 Å². The summed E-state index contributed by atoms with van der Waals surface area (Å²) in [6.07, 6.45) is 6.31. The van der Waals surface area contributed by atoms with Crippen molar-refractivity contribution in [2.45, 2.75) is 32.1 Å². The molecule has 1 aromatic carbocycles. The highest BCUT2D eigenvalue weighted by atomic mass is 35.5. The molecule has 1 saturated heterocycles. The van der Waals surface area contributed by atoms with Crippen molar-refractivity contribution in [2.24, 2.45) is 5.92 Å². The van der Waals surface area contributed by atoms with Gasteiger partial charge in [-0.1, -0.05) is 41.7 Å². The normalized spacial score (nSPS) is 18.9. The van der Waals surface area contributed by atoms with Gasteiger partial charge < -0.3 is 4.90 Å². The molecule has 1 aliphatic heterocycles. The molecule has 1 unspecified atom stereocenters. The summed E-state index contributed by atoms with van der Waals surface area (Å²) in [4.78, 5) is 2.35. The van der Waals surface area contributed by atoms with Crippen LogP contribution < -0.4 is 4.90 Å². The van der Waals surface area contributed by atoms with Gasteiger partial charge in [0.1, 0.15) is 0 Å². The lowest BCUT2D eigenvalue weighted by molar-refractivity contribution is 0.382. The van der Waals surface area contributed by atoms with Gasteiger partial charge in [-0.15, -0.1) is 10.2 Å². The highest BCUT2D eigenvalue weighted by Crippen LogP contribution is 2.29. The molecule has 2 aromatic rings. The van der Waals surface area contributed by atoms with Crippen LogP contribution in [0.1, 0.15) is 31.2 Å². The van der Waals surface area contributed by atoms with Crippen LogP contribution in [0.2, 0.25) is 4.47 Å². The van der Waals surface area contributed by atoms with E-state index in [4.69, 9.17) is 11.6 Å². The zero-order valence-electron chi connectivity index (χ0n) is 12.0. The Morgan fingerprint density at radius 2 is 2.10 bits per heavy atom. The van der Waals surface area contributed by atoms with E-state index in [0.29, 0.717) is 4.47 Å². The van der Waals surface area contributed by atoms with Gasteiger partial charge in [-0.05, 0) is 55.2 Å². The third-order valence-electron chi connectivity index (χ3n) is 4.10. The Bertz CT molecular complexity index is 558. The van der Waals surface area contributed by atoms with Crippen molar-refractivity contribution in [3.8, 4) is 0 Å². The van der Waals surface area contributed by atoms with Gasteiger partial charge in [0, 0.05) is 13.1 Å². The molecular formula is C16H20ClN3S. The highest BCUT2D eigenvalue weighted by Gasteiger charge is 2.22. The summed E-state index contributed by atoms with van der Waals surface area (Å²) >= 11 is 7.37. The number of hydrogen-bond acceptors (Lipinski definition) is 4. The van der Waals surface area contributed by atoms with E-state index in [2.05, 4.69) is 45.4 Å². The van der Waals surface area contributed by atoms with Crippen LogP contribution in [0, 0.1) is 5.92 Å². The molecule has 3 rings (SSSR count). The van der Waals surface area contributed by atoms with Crippen LogP contribution >= 0.6 is 22.9 Å². The van der Waals surface area contributed by atoms with E-state index in [9.17, 15) is 0 Å². The molecule has 1 aromatic heterocycles. The van der Waals surface area contributed by atoms with Gasteiger partial charge in [0.2, 0.25) is 9.60 Å². The predicted molar refractivity (Wildman–Crippen MR) is 89.2 cm³/mol. The molecule has 0 saturated carbocycles. The molecule has 5 heteroatoms. The summed E-state index contributed by atoms with van der Waals surface area (Å²) < 4.78 is 0.538. The van der Waals surface area contributed by atoms with Gasteiger partial charge >= 0.3 is 0 Å². The lowest BCUT2D eigenvalue weighted by atomic mass is 9.92. The maximum atomic E-state index is 5.89. The molecule has 0 aliphatic carbocycles. The molecule has 112 valence electrons. The summed E-state index contributed by atoms with van der Waals surface area (Å²) in [7, 11) is 0. The summed E-state index contributed by atoms with van der Waals surface area (Å²) in [5, 5.41) is 9.05. The van der Waals surface area contributed by atoms with E-state index in [-0.39, 0.29) is 0 Å². The molecule has 1 atom stereocenters. The minimum absolute atomic E-state index is 0.538. The Balaban J connectivity index is 1.48. The topological polar surface area (TPSA) is 29.0 Å². The van der Waals surface area contributed by atoms with Crippen LogP contribution in [0.5, 0.6) is 0 Å². The fourth-order valence-corrected chi connectivity index (χ4v) is 3.89. The number of piperidine rings is 1. The molecule has 1 aliphatic rings. The Kier molecular flexibility index (Phi) is 5.09. The van der Waals surface area contributed by atoms with Gasteiger partial charge in [-0.25, -0.2) is 0 Å². The summed E-state index contributed by atoms with van der Waals surface area (Å²) in [6, 6.07) is 10.8. The largest absolute Gasteiger partial charge is 0.346 e. The van der Waals surface area contributed by atoms with Crippen LogP contribution in [-0.4, -0.2) is 23.3 Å². The minimum Gasteiger partial charge on any atom is -0.346 e. The molecule has 3 nitrogen and oxygen atoms in total. The second-order valence-electron chi connectivity index (χ2n) is 5.67. The summed E-state index contributed by atoms with van der Waals surface area (Å²) in [6.45, 7) is 2.18. The van der Waals surface area contributed by atoms with Crippen molar-refractivity contribution >= 4 is 28.1 Å².